The molecule has 0 spiro atoms. The van der Waals surface area contributed by atoms with Crippen molar-refractivity contribution in [2.24, 2.45) is 17.8 Å². The molecule has 226 valence electrons. The number of hydrogen-bond acceptors (Lipinski definition) is 5. The molecular weight excluding hydrogens is 532 g/mol. The molecule has 1 heterocycles. The van der Waals surface area contributed by atoms with Crippen molar-refractivity contribution in [3.63, 3.8) is 0 Å². The predicted molar refractivity (Wildman–Crippen MR) is 160 cm³/mol. The highest BCUT2D eigenvalue weighted by Crippen LogP contribution is 2.51. The van der Waals surface area contributed by atoms with E-state index in [1.807, 2.05) is 39.0 Å². The maximum Gasteiger partial charge on any atom is 0.270 e. The number of nitrogens with one attached hydrogen (secondary N) is 4. The minimum atomic E-state index is -0.978. The highest BCUT2D eigenvalue weighted by molar-refractivity contribution is 6.01. The van der Waals surface area contributed by atoms with Gasteiger partial charge < -0.3 is 21.3 Å². The molecule has 3 atom stereocenters. The van der Waals surface area contributed by atoms with Gasteiger partial charge in [-0.05, 0) is 113 Å². The van der Waals surface area contributed by atoms with Crippen LogP contribution in [-0.2, 0) is 20.8 Å². The molecule has 3 aliphatic carbocycles. The fraction of sp³-hybridized carbons (Fsp3) is 0.594. The van der Waals surface area contributed by atoms with Gasteiger partial charge in [-0.3, -0.25) is 23.9 Å². The first-order chi connectivity index (χ1) is 20.0. The van der Waals surface area contributed by atoms with Crippen LogP contribution in [0.15, 0.2) is 30.5 Å². The van der Waals surface area contributed by atoms with Gasteiger partial charge in [0.25, 0.3) is 5.91 Å². The van der Waals surface area contributed by atoms with Gasteiger partial charge in [-0.1, -0.05) is 13.0 Å². The average Bonchev–Trinajstić information content (AvgIpc) is 3.87. The third-order valence-electron chi connectivity index (χ3n) is 9.13. The fourth-order valence-corrected chi connectivity index (χ4v) is 6.43. The molecule has 10 heteroatoms. The number of carbonyl (C=O) groups is 4. The maximum atomic E-state index is 13.8. The van der Waals surface area contributed by atoms with E-state index in [0.717, 1.165) is 49.7 Å². The Hall–Kier alpha value is -3.69. The first kappa shape index (κ1) is 29.8. The zero-order valence-electron chi connectivity index (χ0n) is 25.3. The fourth-order valence-electron chi connectivity index (χ4n) is 6.43. The van der Waals surface area contributed by atoms with E-state index in [9.17, 15) is 19.2 Å². The summed E-state index contributed by atoms with van der Waals surface area (Å²) >= 11 is 0. The average molecular weight is 577 g/mol. The Morgan fingerprint density at radius 2 is 1.74 bits per heavy atom. The van der Waals surface area contributed by atoms with Crippen LogP contribution in [-0.4, -0.2) is 45.0 Å². The lowest BCUT2D eigenvalue weighted by Gasteiger charge is -2.29. The number of aryl methyl sites for hydroxylation is 1. The lowest BCUT2D eigenvalue weighted by molar-refractivity contribution is -0.132. The first-order valence-corrected chi connectivity index (χ1v) is 15.4. The molecule has 2 saturated carbocycles. The van der Waals surface area contributed by atoms with Crippen LogP contribution in [0.2, 0.25) is 0 Å². The minimum absolute atomic E-state index is 0.0248. The second-order valence-electron chi connectivity index (χ2n) is 12.8. The van der Waals surface area contributed by atoms with Gasteiger partial charge in [0.15, 0.2) is 0 Å². The Morgan fingerprint density at radius 1 is 1.05 bits per heavy atom. The number of anilines is 1. The minimum Gasteiger partial charge on any atom is -0.347 e. The normalized spacial score (nSPS) is 20.0. The molecule has 4 amide bonds. The quantitative estimate of drug-likeness (QED) is 0.303. The van der Waals surface area contributed by atoms with Crippen LogP contribution in [0.3, 0.4) is 0 Å². The van der Waals surface area contributed by atoms with Crippen LogP contribution in [0, 0.1) is 17.8 Å². The largest absolute Gasteiger partial charge is 0.347 e. The Kier molecular flexibility index (Phi) is 8.44. The van der Waals surface area contributed by atoms with Crippen LogP contribution in [0.25, 0.3) is 0 Å². The molecule has 42 heavy (non-hydrogen) atoms. The predicted octanol–water partition coefficient (Wildman–Crippen LogP) is 4.05. The maximum absolute atomic E-state index is 13.8. The number of benzene rings is 1. The number of nitrogens with zero attached hydrogens (tertiary/aromatic N) is 2. The van der Waals surface area contributed by atoms with Crippen molar-refractivity contribution in [2.75, 3.05) is 5.32 Å². The van der Waals surface area contributed by atoms with Gasteiger partial charge in [-0.25, -0.2) is 0 Å². The van der Waals surface area contributed by atoms with Gasteiger partial charge in [-0.2, -0.15) is 5.10 Å². The molecule has 1 aromatic heterocycles. The molecule has 0 radical (unpaired) electrons. The third kappa shape index (κ3) is 6.37. The van der Waals surface area contributed by atoms with E-state index in [-0.39, 0.29) is 41.6 Å². The van der Waals surface area contributed by atoms with Crippen molar-refractivity contribution in [3.05, 3.63) is 47.3 Å². The summed E-state index contributed by atoms with van der Waals surface area (Å²) in [4.78, 5) is 52.0. The number of carbonyl (C=O) groups excluding carboxylic acids is 4. The van der Waals surface area contributed by atoms with E-state index in [4.69, 9.17) is 0 Å². The summed E-state index contributed by atoms with van der Waals surface area (Å²) in [6, 6.07) is 6.72. The molecule has 0 bridgehead atoms. The topological polar surface area (TPSA) is 134 Å². The Morgan fingerprint density at radius 3 is 2.33 bits per heavy atom. The number of amides is 4. The van der Waals surface area contributed by atoms with Crippen LogP contribution < -0.4 is 21.3 Å². The summed E-state index contributed by atoms with van der Waals surface area (Å²) in [5.41, 5.74) is 2.24. The van der Waals surface area contributed by atoms with Gasteiger partial charge in [0.05, 0.1) is 6.04 Å². The molecule has 0 unspecified atom stereocenters. The lowest BCUT2D eigenvalue weighted by Crippen LogP contribution is -2.56. The van der Waals surface area contributed by atoms with Crippen molar-refractivity contribution in [2.45, 2.75) is 103 Å². The third-order valence-corrected chi connectivity index (χ3v) is 9.13. The van der Waals surface area contributed by atoms with Crippen molar-refractivity contribution in [1.29, 1.82) is 0 Å². The summed E-state index contributed by atoms with van der Waals surface area (Å²) in [6.07, 6.45) is 7.97. The smallest absolute Gasteiger partial charge is 0.270 e. The summed E-state index contributed by atoms with van der Waals surface area (Å²) < 4.78 is 1.68. The molecule has 0 saturated heterocycles. The Bertz CT molecular complexity index is 1350. The molecule has 1 aromatic carbocycles. The van der Waals surface area contributed by atoms with Crippen LogP contribution in [0.4, 0.5) is 5.69 Å². The van der Waals surface area contributed by atoms with Crippen molar-refractivity contribution >= 4 is 29.3 Å². The molecule has 3 aliphatic rings. The Labute approximate surface area is 247 Å². The molecule has 4 N–H and O–H groups in total. The van der Waals surface area contributed by atoms with E-state index >= 15 is 0 Å². The summed E-state index contributed by atoms with van der Waals surface area (Å²) in [6.45, 7) is 8.97. The summed E-state index contributed by atoms with van der Waals surface area (Å²) in [5, 5.41) is 16.4. The van der Waals surface area contributed by atoms with Gasteiger partial charge in [0.2, 0.25) is 17.7 Å². The monoisotopic (exact) mass is 576 g/mol. The second-order valence-corrected chi connectivity index (χ2v) is 12.8. The van der Waals surface area contributed by atoms with E-state index in [1.54, 1.807) is 23.9 Å². The van der Waals surface area contributed by atoms with Gasteiger partial charge >= 0.3 is 0 Å². The standard InChI is InChI=1S/C32H44N6O4/c1-6-32(5,37-19(4)39)31(42)35-25-14-11-22-17-23(12-13-24(22)25)34-30(41)28(27(20-7-8-20)21-9-10-21)36-29(40)26-15-16-33-38(26)18(2)3/h12-13,15-18,20-21,25,27-28H,6-11,14H2,1-5H3,(H,34,41)(H,35,42)(H,36,40)(H,37,39)/t25-,28+,32-/m1/s1. The molecule has 5 rings (SSSR count). The molecular formula is C32H44N6O4. The van der Waals surface area contributed by atoms with Gasteiger partial charge in [-0.15, -0.1) is 0 Å². The van der Waals surface area contributed by atoms with Crippen LogP contribution >= 0.6 is 0 Å². The first-order valence-electron chi connectivity index (χ1n) is 15.4. The van der Waals surface area contributed by atoms with E-state index in [0.29, 0.717) is 29.6 Å². The zero-order valence-corrected chi connectivity index (χ0v) is 25.3. The van der Waals surface area contributed by atoms with Crippen LogP contribution in [0.5, 0.6) is 0 Å². The van der Waals surface area contributed by atoms with Crippen molar-refractivity contribution in [3.8, 4) is 0 Å². The van der Waals surface area contributed by atoms with Crippen molar-refractivity contribution < 1.29 is 19.2 Å². The molecule has 2 fully saturated rings. The second kappa shape index (κ2) is 11.9. The Balaban J connectivity index is 1.30. The van der Waals surface area contributed by atoms with E-state index < -0.39 is 11.6 Å². The van der Waals surface area contributed by atoms with Gasteiger partial charge in [0.1, 0.15) is 17.3 Å². The molecule has 2 aromatic rings. The van der Waals surface area contributed by atoms with Gasteiger partial charge in [0, 0.05) is 24.8 Å². The number of rotatable bonds is 12. The van der Waals surface area contributed by atoms with Crippen molar-refractivity contribution in [1.82, 2.24) is 25.7 Å². The lowest BCUT2D eigenvalue weighted by atomic mass is 9.88. The number of fused-ring (bicyclic) bond motifs is 1. The highest BCUT2D eigenvalue weighted by Gasteiger charge is 2.48. The SMILES string of the molecule is CC[C@@](C)(NC(C)=O)C(=O)N[C@@H]1CCc2cc(NC(=O)[C@@H](NC(=O)c3ccnn3C(C)C)C(C3CC3)C3CC3)ccc21. The summed E-state index contributed by atoms with van der Waals surface area (Å²) in [7, 11) is 0. The molecule has 0 aliphatic heterocycles. The zero-order chi connectivity index (χ0) is 30.2. The number of hydrogen-bond donors (Lipinski definition) is 4. The summed E-state index contributed by atoms with van der Waals surface area (Å²) in [5.74, 6) is 0.109. The number of aromatic nitrogens is 2. The van der Waals surface area contributed by atoms with E-state index in [2.05, 4.69) is 26.4 Å². The molecule has 10 nitrogen and oxygen atoms in total. The highest BCUT2D eigenvalue weighted by atomic mass is 16.2. The van der Waals surface area contributed by atoms with E-state index in [1.165, 1.54) is 6.92 Å². The van der Waals surface area contributed by atoms with Crippen LogP contribution in [0.1, 0.15) is 107 Å².